The SMILES string of the molecule is CCC1CC(C2CCOCC2)Cc2c1[nH]c1ccc(C(N)=O)cc21. The first-order valence-electron chi connectivity index (χ1n) is 9.19. The minimum absolute atomic E-state index is 0.351. The number of H-pyrrole nitrogens is 1. The van der Waals surface area contributed by atoms with E-state index in [-0.39, 0.29) is 5.91 Å². The van der Waals surface area contributed by atoms with Gasteiger partial charge in [-0.05, 0) is 73.6 Å². The molecule has 1 fully saturated rings. The lowest BCUT2D eigenvalue weighted by Gasteiger charge is -2.36. The second-order valence-corrected chi connectivity index (χ2v) is 7.40. The molecule has 1 aliphatic carbocycles. The monoisotopic (exact) mass is 326 g/mol. The largest absolute Gasteiger partial charge is 0.381 e. The van der Waals surface area contributed by atoms with Gasteiger partial charge >= 0.3 is 0 Å². The van der Waals surface area contributed by atoms with E-state index in [2.05, 4.69) is 11.9 Å². The van der Waals surface area contributed by atoms with Gasteiger partial charge in [0.15, 0.2) is 0 Å². The van der Waals surface area contributed by atoms with Gasteiger partial charge < -0.3 is 15.5 Å². The van der Waals surface area contributed by atoms with Gasteiger partial charge in [0, 0.05) is 35.4 Å². The molecule has 2 heterocycles. The quantitative estimate of drug-likeness (QED) is 0.902. The summed E-state index contributed by atoms with van der Waals surface area (Å²) in [6.45, 7) is 4.09. The Hall–Kier alpha value is -1.81. The fourth-order valence-electron chi connectivity index (χ4n) is 4.74. The summed E-state index contributed by atoms with van der Waals surface area (Å²) in [5.41, 5.74) is 10.0. The van der Waals surface area contributed by atoms with E-state index >= 15 is 0 Å². The number of nitrogens with two attached hydrogens (primary N) is 1. The molecule has 0 saturated carbocycles. The number of rotatable bonds is 3. The highest BCUT2D eigenvalue weighted by atomic mass is 16.5. The third kappa shape index (κ3) is 2.63. The van der Waals surface area contributed by atoms with Crippen molar-refractivity contribution in [3.05, 3.63) is 35.0 Å². The van der Waals surface area contributed by atoms with E-state index in [0.29, 0.717) is 11.5 Å². The van der Waals surface area contributed by atoms with Crippen LogP contribution in [-0.2, 0) is 11.2 Å². The Bertz CT molecular complexity index is 758. The molecule has 2 aliphatic rings. The zero-order valence-electron chi connectivity index (χ0n) is 14.3. The number of ether oxygens (including phenoxy) is 1. The normalized spacial score (nSPS) is 24.9. The molecule has 128 valence electrons. The standard InChI is InChI=1S/C20H26N2O2/c1-2-12-9-15(13-5-7-24-8-6-13)11-17-16-10-14(20(21)23)3-4-18(16)22-19(12)17/h3-4,10,12-13,15,22H,2,5-9,11H2,1H3,(H2,21,23). The molecule has 4 heteroatoms. The van der Waals surface area contributed by atoms with Crippen molar-refractivity contribution in [2.45, 2.75) is 44.9 Å². The maximum atomic E-state index is 11.6. The van der Waals surface area contributed by atoms with E-state index in [1.807, 2.05) is 18.2 Å². The van der Waals surface area contributed by atoms with Crippen LogP contribution in [0.4, 0.5) is 0 Å². The van der Waals surface area contributed by atoms with Crippen LogP contribution < -0.4 is 5.73 Å². The Morgan fingerprint density at radius 3 is 2.79 bits per heavy atom. The van der Waals surface area contributed by atoms with Gasteiger partial charge in [0.2, 0.25) is 5.91 Å². The molecular formula is C20H26N2O2. The van der Waals surface area contributed by atoms with Crippen molar-refractivity contribution in [1.29, 1.82) is 0 Å². The molecule has 4 rings (SSSR count). The molecule has 0 radical (unpaired) electrons. The molecule has 1 aliphatic heterocycles. The summed E-state index contributed by atoms with van der Waals surface area (Å²) in [4.78, 5) is 15.2. The fourth-order valence-corrected chi connectivity index (χ4v) is 4.74. The van der Waals surface area contributed by atoms with E-state index in [1.165, 1.54) is 35.9 Å². The minimum atomic E-state index is -0.351. The molecule has 2 atom stereocenters. The number of fused-ring (bicyclic) bond motifs is 3. The van der Waals surface area contributed by atoms with Gasteiger partial charge in [0.25, 0.3) is 0 Å². The first kappa shape index (κ1) is 15.7. The maximum Gasteiger partial charge on any atom is 0.248 e. The van der Waals surface area contributed by atoms with Crippen LogP contribution in [0, 0.1) is 11.8 Å². The zero-order valence-corrected chi connectivity index (χ0v) is 14.3. The molecule has 1 amide bonds. The molecule has 2 unspecified atom stereocenters. The number of nitrogens with one attached hydrogen (secondary N) is 1. The van der Waals surface area contributed by atoms with Gasteiger partial charge in [0.1, 0.15) is 0 Å². The number of primary amides is 1. The highest BCUT2D eigenvalue weighted by Gasteiger charge is 2.34. The third-order valence-corrected chi connectivity index (χ3v) is 6.11. The molecule has 2 aromatic rings. The highest BCUT2D eigenvalue weighted by Crippen LogP contribution is 2.44. The smallest absolute Gasteiger partial charge is 0.248 e. The molecule has 1 aromatic carbocycles. The van der Waals surface area contributed by atoms with E-state index < -0.39 is 0 Å². The molecule has 0 spiro atoms. The Labute approximate surface area is 142 Å². The number of amides is 1. The van der Waals surface area contributed by atoms with E-state index in [9.17, 15) is 4.79 Å². The summed E-state index contributed by atoms with van der Waals surface area (Å²) < 4.78 is 5.55. The number of carbonyl (C=O) groups excluding carboxylic acids is 1. The first-order valence-corrected chi connectivity index (χ1v) is 9.19. The van der Waals surface area contributed by atoms with Crippen LogP contribution in [0.3, 0.4) is 0 Å². The van der Waals surface area contributed by atoms with Crippen LogP contribution in [0.5, 0.6) is 0 Å². The zero-order chi connectivity index (χ0) is 16.7. The second kappa shape index (κ2) is 6.25. The van der Waals surface area contributed by atoms with Gasteiger partial charge in [-0.1, -0.05) is 6.92 Å². The average Bonchev–Trinajstić information content (AvgIpc) is 2.99. The summed E-state index contributed by atoms with van der Waals surface area (Å²) in [5, 5.41) is 1.19. The predicted octanol–water partition coefficient (Wildman–Crippen LogP) is 3.75. The van der Waals surface area contributed by atoms with Crippen molar-refractivity contribution in [2.24, 2.45) is 17.6 Å². The molecule has 3 N–H and O–H groups in total. The Kier molecular flexibility index (Phi) is 4.09. The van der Waals surface area contributed by atoms with Gasteiger partial charge in [-0.2, -0.15) is 0 Å². The van der Waals surface area contributed by atoms with E-state index in [1.54, 1.807) is 0 Å². The number of benzene rings is 1. The molecule has 24 heavy (non-hydrogen) atoms. The lowest BCUT2D eigenvalue weighted by molar-refractivity contribution is 0.0420. The predicted molar refractivity (Wildman–Crippen MR) is 95.2 cm³/mol. The molecule has 1 saturated heterocycles. The van der Waals surface area contributed by atoms with Crippen LogP contribution in [-0.4, -0.2) is 24.1 Å². The van der Waals surface area contributed by atoms with Crippen LogP contribution in [0.15, 0.2) is 18.2 Å². The van der Waals surface area contributed by atoms with Crippen LogP contribution in [0.2, 0.25) is 0 Å². The summed E-state index contributed by atoms with van der Waals surface area (Å²) in [7, 11) is 0. The third-order valence-electron chi connectivity index (χ3n) is 6.11. The van der Waals surface area contributed by atoms with Crippen LogP contribution in [0.1, 0.15) is 60.1 Å². The minimum Gasteiger partial charge on any atom is -0.381 e. The fraction of sp³-hybridized carbons (Fsp3) is 0.550. The van der Waals surface area contributed by atoms with Gasteiger partial charge in [0.05, 0.1) is 0 Å². The molecule has 4 nitrogen and oxygen atoms in total. The van der Waals surface area contributed by atoms with E-state index in [4.69, 9.17) is 10.5 Å². The summed E-state index contributed by atoms with van der Waals surface area (Å²) in [6, 6.07) is 5.81. The van der Waals surface area contributed by atoms with Gasteiger partial charge in [-0.15, -0.1) is 0 Å². The lowest BCUT2D eigenvalue weighted by atomic mass is 9.71. The number of aromatic nitrogens is 1. The maximum absolute atomic E-state index is 11.6. The molecule has 0 bridgehead atoms. The van der Waals surface area contributed by atoms with Crippen molar-refractivity contribution in [3.63, 3.8) is 0 Å². The topological polar surface area (TPSA) is 68.1 Å². The van der Waals surface area contributed by atoms with E-state index in [0.717, 1.165) is 43.4 Å². The molecular weight excluding hydrogens is 300 g/mol. The van der Waals surface area contributed by atoms with Crippen molar-refractivity contribution >= 4 is 16.8 Å². The van der Waals surface area contributed by atoms with Crippen LogP contribution in [0.25, 0.3) is 10.9 Å². The van der Waals surface area contributed by atoms with Crippen molar-refractivity contribution in [3.8, 4) is 0 Å². The summed E-state index contributed by atoms with van der Waals surface area (Å²) >= 11 is 0. The number of carbonyl (C=O) groups is 1. The molecule has 1 aromatic heterocycles. The number of aromatic amines is 1. The Morgan fingerprint density at radius 2 is 2.08 bits per heavy atom. The lowest BCUT2D eigenvalue weighted by Crippen LogP contribution is -2.29. The average molecular weight is 326 g/mol. The van der Waals surface area contributed by atoms with Crippen molar-refractivity contribution in [2.75, 3.05) is 13.2 Å². The first-order chi connectivity index (χ1) is 11.7. The highest BCUT2D eigenvalue weighted by molar-refractivity contribution is 5.98. The Morgan fingerprint density at radius 1 is 1.29 bits per heavy atom. The number of hydrogen-bond acceptors (Lipinski definition) is 2. The second-order valence-electron chi connectivity index (χ2n) is 7.40. The van der Waals surface area contributed by atoms with Gasteiger partial charge in [-0.25, -0.2) is 0 Å². The summed E-state index contributed by atoms with van der Waals surface area (Å²) in [6.07, 6.45) is 5.90. The van der Waals surface area contributed by atoms with Crippen molar-refractivity contribution < 1.29 is 9.53 Å². The van der Waals surface area contributed by atoms with Crippen molar-refractivity contribution in [1.82, 2.24) is 4.98 Å². The summed E-state index contributed by atoms with van der Waals surface area (Å²) in [5.74, 6) is 1.73. The Balaban J connectivity index is 1.75. The van der Waals surface area contributed by atoms with Crippen LogP contribution >= 0.6 is 0 Å². The number of hydrogen-bond donors (Lipinski definition) is 2. The van der Waals surface area contributed by atoms with Gasteiger partial charge in [-0.3, -0.25) is 4.79 Å².